The van der Waals surface area contributed by atoms with Crippen LogP contribution < -0.4 is 0 Å². The van der Waals surface area contributed by atoms with Crippen LogP contribution in [-0.4, -0.2) is 9.13 Å². The van der Waals surface area contributed by atoms with Crippen LogP contribution >= 0.6 is 0 Å². The van der Waals surface area contributed by atoms with Crippen LogP contribution in [0.4, 0.5) is 0 Å². The van der Waals surface area contributed by atoms with Crippen LogP contribution in [0.2, 0.25) is 0 Å². The van der Waals surface area contributed by atoms with Crippen molar-refractivity contribution in [3.63, 3.8) is 0 Å². The quantitative estimate of drug-likeness (QED) is 0.108. The van der Waals surface area contributed by atoms with E-state index in [4.69, 9.17) is 0 Å². The van der Waals surface area contributed by atoms with E-state index < -0.39 is 5.41 Å². The lowest BCUT2D eigenvalue weighted by Crippen LogP contribution is -2.28. The number of rotatable bonds is 12. The van der Waals surface area contributed by atoms with Gasteiger partial charge in [-0.3, -0.25) is 0 Å². The van der Waals surface area contributed by atoms with E-state index in [0.29, 0.717) is 0 Å². The Hall–Kier alpha value is -15.7. The molecule has 0 saturated carbocycles. The fourth-order valence-corrected chi connectivity index (χ4v) is 20.2. The Morgan fingerprint density at radius 2 is 0.446 bits per heavy atom. The van der Waals surface area contributed by atoms with Crippen LogP contribution in [0.15, 0.2) is 473 Å². The predicted molar refractivity (Wildman–Crippen MR) is 512 cm³/mol. The van der Waals surface area contributed by atoms with E-state index in [1.54, 1.807) is 0 Å². The average Bonchev–Trinajstić information content (AvgIpc) is 1.47. The molecule has 0 saturated heterocycles. The maximum Gasteiger partial charge on any atom is 0.0714 e. The lowest BCUT2D eigenvalue weighted by Gasteiger charge is -2.34. The molecular formula is C119H78N2. The van der Waals surface area contributed by atoms with Gasteiger partial charge in [-0.2, -0.15) is 0 Å². The van der Waals surface area contributed by atoms with E-state index in [1.807, 2.05) is 0 Å². The van der Waals surface area contributed by atoms with Gasteiger partial charge in [0.25, 0.3) is 0 Å². The zero-order valence-corrected chi connectivity index (χ0v) is 66.4. The number of nitrogens with zero attached hydrogens (tertiary/aromatic N) is 2. The predicted octanol–water partition coefficient (Wildman–Crippen LogP) is 31.9. The minimum absolute atomic E-state index is 0.621. The summed E-state index contributed by atoms with van der Waals surface area (Å²) in [4.78, 5) is 0. The number of para-hydroxylation sites is 3. The highest BCUT2D eigenvalue weighted by Gasteiger charge is 2.47. The van der Waals surface area contributed by atoms with Crippen molar-refractivity contribution in [1.29, 1.82) is 0 Å². The highest BCUT2D eigenvalue weighted by atomic mass is 15.0. The summed E-state index contributed by atoms with van der Waals surface area (Å²) in [6.07, 6.45) is 0. The molecule has 0 fully saturated rings. The standard InChI is InChI=1S/C69H45N.C50H33N/c1-5-20-46(21-6-1)48-24-19-25-49(42-48)50-37-41-66-62(43-50)57-30-17-18-35-65(57)70(66)54-38-40-56-55-39-36-51(44-63(55)69(64(56)45-54,52-26-9-3-10-27-52)53-28-11-4-12-29-53)68-60-33-15-13-31-58(60)67(47-22-7-2-8-23-47)59-32-14-16-34-61(59)68;1-3-16-34(17-4-1)36-20-15-21-37(32-36)38-30-31-48-45(33-38)39-22-11-13-28-46(39)51(48)47-29-14-12-27-44(47)50-42-25-9-7-23-40(42)49(35-18-5-2-6-19-35)41-24-8-10-26-43(41)50/h1-45H;1-33H. The van der Waals surface area contributed by atoms with Crippen LogP contribution in [0.5, 0.6) is 0 Å². The van der Waals surface area contributed by atoms with Gasteiger partial charge >= 0.3 is 0 Å². The fourth-order valence-electron chi connectivity index (χ4n) is 20.2. The molecule has 1 aliphatic carbocycles. The van der Waals surface area contributed by atoms with Gasteiger partial charge in [0.15, 0.2) is 0 Å². The summed E-state index contributed by atoms with van der Waals surface area (Å²) < 4.78 is 4.95. The van der Waals surface area contributed by atoms with E-state index in [9.17, 15) is 0 Å². The molecule has 0 radical (unpaired) electrons. The highest BCUT2D eigenvalue weighted by molar-refractivity contribution is 6.24. The summed E-state index contributed by atoms with van der Waals surface area (Å²) in [7, 11) is 0. The minimum Gasteiger partial charge on any atom is -0.309 e. The minimum atomic E-state index is -0.621. The van der Waals surface area contributed by atoms with Crippen molar-refractivity contribution in [2.45, 2.75) is 5.41 Å². The Kier molecular flexibility index (Phi) is 17.2. The van der Waals surface area contributed by atoms with Crippen molar-refractivity contribution >= 4 is 86.7 Å². The van der Waals surface area contributed by atoms with E-state index in [2.05, 4.69) is 482 Å². The summed E-state index contributed by atoms with van der Waals surface area (Å²) >= 11 is 0. The first-order valence-electron chi connectivity index (χ1n) is 41.9. The first-order chi connectivity index (χ1) is 60.1. The third-order valence-electron chi connectivity index (χ3n) is 25.4. The number of aromatic nitrogens is 2. The number of hydrogen-bond donors (Lipinski definition) is 0. The Labute approximate surface area is 703 Å². The van der Waals surface area contributed by atoms with Crippen LogP contribution in [0, 0.1) is 0 Å². The smallest absolute Gasteiger partial charge is 0.0714 e. The van der Waals surface area contributed by atoms with Crippen LogP contribution in [-0.2, 0) is 5.41 Å². The zero-order valence-electron chi connectivity index (χ0n) is 66.4. The molecule has 121 heavy (non-hydrogen) atoms. The monoisotopic (exact) mass is 1530 g/mol. The van der Waals surface area contributed by atoms with Gasteiger partial charge in [-0.1, -0.05) is 400 Å². The third-order valence-corrected chi connectivity index (χ3v) is 25.4. The van der Waals surface area contributed by atoms with Crippen molar-refractivity contribution in [1.82, 2.24) is 9.13 Å². The lowest BCUT2D eigenvalue weighted by atomic mass is 9.67. The van der Waals surface area contributed by atoms with E-state index in [0.717, 1.165) is 5.69 Å². The first kappa shape index (κ1) is 70.7. The van der Waals surface area contributed by atoms with Gasteiger partial charge in [0.05, 0.1) is 33.2 Å². The van der Waals surface area contributed by atoms with Crippen LogP contribution in [0.25, 0.3) is 198 Å². The molecular weight excluding hydrogens is 1460 g/mol. The van der Waals surface area contributed by atoms with Gasteiger partial charge < -0.3 is 9.13 Å². The molecule has 2 nitrogen and oxygen atoms in total. The highest BCUT2D eigenvalue weighted by Crippen LogP contribution is 2.59. The molecule has 0 amide bonds. The zero-order chi connectivity index (χ0) is 79.9. The first-order valence-corrected chi connectivity index (χ1v) is 41.9. The molecule has 564 valence electrons. The van der Waals surface area contributed by atoms with Gasteiger partial charge in [0.1, 0.15) is 0 Å². The molecule has 21 aromatic carbocycles. The summed E-state index contributed by atoms with van der Waals surface area (Å²) in [6, 6.07) is 174. The number of benzene rings is 21. The van der Waals surface area contributed by atoms with Crippen molar-refractivity contribution in [2.24, 2.45) is 0 Å². The van der Waals surface area contributed by atoms with Crippen molar-refractivity contribution in [2.75, 3.05) is 0 Å². The Bertz CT molecular complexity index is 7820. The van der Waals surface area contributed by atoms with Crippen molar-refractivity contribution in [3.8, 4) is 112 Å². The van der Waals surface area contributed by atoms with Crippen molar-refractivity contribution < 1.29 is 0 Å². The molecule has 0 N–H and O–H groups in total. The van der Waals surface area contributed by atoms with E-state index in [1.165, 1.54) is 215 Å². The van der Waals surface area contributed by atoms with Crippen LogP contribution in [0.3, 0.4) is 0 Å². The van der Waals surface area contributed by atoms with Gasteiger partial charge in [-0.25, -0.2) is 0 Å². The molecule has 0 unspecified atom stereocenters. The van der Waals surface area contributed by atoms with E-state index >= 15 is 0 Å². The maximum atomic E-state index is 2.53. The molecule has 0 spiro atoms. The second kappa shape index (κ2) is 29.5. The SMILES string of the molecule is c1ccc(-c2cccc(-c3ccc4c(c3)c3ccccc3n4-c3ccc4c(c3)C(c3ccccc3)(c3ccccc3)c3cc(-c5c6ccccc6c(-c6ccccc6)c6ccccc56)ccc3-4)c2)cc1.c1ccc(-c2cccc(-c3ccc4c(c3)c3ccccc3n4-c3ccccc3-c3c4ccccc4c(-c4ccccc4)c4ccccc34)c2)cc1. The number of hydrogen-bond acceptors (Lipinski definition) is 0. The van der Waals surface area contributed by atoms with Gasteiger partial charge in [0.2, 0.25) is 0 Å². The van der Waals surface area contributed by atoms with Gasteiger partial charge in [-0.05, 0) is 233 Å². The molecule has 0 bridgehead atoms. The molecule has 2 aromatic heterocycles. The topological polar surface area (TPSA) is 9.86 Å². The number of fused-ring (bicyclic) bond motifs is 13. The molecule has 2 heteroatoms. The lowest BCUT2D eigenvalue weighted by molar-refractivity contribution is 0.768. The Balaban J connectivity index is 0.000000148. The molecule has 0 aliphatic heterocycles. The average molecular weight is 1540 g/mol. The molecule has 2 heterocycles. The summed E-state index contributed by atoms with van der Waals surface area (Å²) in [5.41, 5.74) is 33.7. The van der Waals surface area contributed by atoms with E-state index in [-0.39, 0.29) is 0 Å². The molecule has 24 rings (SSSR count). The Morgan fingerprint density at radius 1 is 0.149 bits per heavy atom. The summed E-state index contributed by atoms with van der Waals surface area (Å²) in [5, 5.41) is 15.0. The molecule has 1 aliphatic rings. The Morgan fingerprint density at radius 3 is 0.893 bits per heavy atom. The molecule has 0 atom stereocenters. The fraction of sp³-hybridized carbons (Fsp3) is 0.00840. The summed E-state index contributed by atoms with van der Waals surface area (Å²) in [6.45, 7) is 0. The third kappa shape index (κ3) is 11.7. The second-order valence-electron chi connectivity index (χ2n) is 32.0. The molecule has 23 aromatic rings. The van der Waals surface area contributed by atoms with Crippen LogP contribution in [0.1, 0.15) is 22.3 Å². The van der Waals surface area contributed by atoms with Crippen molar-refractivity contribution in [3.05, 3.63) is 495 Å². The normalized spacial score (nSPS) is 12.2. The van der Waals surface area contributed by atoms with Gasteiger partial charge in [-0.15, -0.1) is 0 Å². The largest absolute Gasteiger partial charge is 0.309 e. The van der Waals surface area contributed by atoms with Gasteiger partial charge in [0, 0.05) is 32.8 Å². The summed E-state index contributed by atoms with van der Waals surface area (Å²) in [5.74, 6) is 0. The second-order valence-corrected chi connectivity index (χ2v) is 32.0. The maximum absolute atomic E-state index is 2.53.